The second-order valence-corrected chi connectivity index (χ2v) is 9.12. The van der Waals surface area contributed by atoms with Crippen LogP contribution in [-0.4, -0.2) is 52.4 Å². The Kier molecular flexibility index (Phi) is 5.78. The van der Waals surface area contributed by atoms with Crippen LogP contribution in [0.1, 0.15) is 54.2 Å². The Morgan fingerprint density at radius 1 is 1.19 bits per heavy atom. The maximum absolute atomic E-state index is 14.7. The summed E-state index contributed by atoms with van der Waals surface area (Å²) in [5.74, 6) is 0.886. The van der Waals surface area contributed by atoms with E-state index in [2.05, 4.69) is 26.5 Å². The highest BCUT2D eigenvalue weighted by molar-refractivity contribution is 5.92. The average Bonchev–Trinajstić information content (AvgIpc) is 2.82. The summed E-state index contributed by atoms with van der Waals surface area (Å²) in [4.78, 5) is 7.36. The van der Waals surface area contributed by atoms with Gasteiger partial charge < -0.3 is 10.1 Å². The monoisotopic (exact) mass is 435 g/mol. The number of piperidine rings is 1. The predicted molar refractivity (Wildman–Crippen MR) is 123 cm³/mol. The standard InChI is InChI=1S/C25H30FN5O/c1-15-5-4-6-20(24(15)26)16(2)28-25-21-12-23(27-13-22(21)17(3)29-30-25)18-7-8-31-9-10-32-14-19(31)11-18/h4-6,12-13,16,18-19H,7-11,14H2,1-3H3,(H,28,30)/t16-,18?,19+/m1/s1. The number of benzene rings is 1. The first kappa shape index (κ1) is 21.2. The van der Waals surface area contributed by atoms with Crippen molar-refractivity contribution in [1.82, 2.24) is 20.1 Å². The van der Waals surface area contributed by atoms with E-state index in [1.54, 1.807) is 13.0 Å². The van der Waals surface area contributed by atoms with E-state index in [4.69, 9.17) is 9.72 Å². The van der Waals surface area contributed by atoms with E-state index >= 15 is 0 Å². The van der Waals surface area contributed by atoms with Crippen molar-refractivity contribution in [2.45, 2.75) is 51.6 Å². The largest absolute Gasteiger partial charge is 0.378 e. The molecule has 1 unspecified atom stereocenters. The van der Waals surface area contributed by atoms with Crippen molar-refractivity contribution in [2.24, 2.45) is 0 Å². The molecule has 1 aromatic carbocycles. The van der Waals surface area contributed by atoms with Gasteiger partial charge in [-0.2, -0.15) is 5.10 Å². The van der Waals surface area contributed by atoms with Crippen LogP contribution in [-0.2, 0) is 4.74 Å². The van der Waals surface area contributed by atoms with Crippen LogP contribution in [0.3, 0.4) is 0 Å². The topological polar surface area (TPSA) is 63.2 Å². The Morgan fingerprint density at radius 2 is 2.06 bits per heavy atom. The average molecular weight is 436 g/mol. The smallest absolute Gasteiger partial charge is 0.157 e. The van der Waals surface area contributed by atoms with E-state index in [-0.39, 0.29) is 11.9 Å². The summed E-state index contributed by atoms with van der Waals surface area (Å²) in [6, 6.07) is 7.87. The molecule has 3 aromatic rings. The molecular formula is C25H30FN5O. The Morgan fingerprint density at radius 3 is 2.94 bits per heavy atom. The van der Waals surface area contributed by atoms with Gasteiger partial charge in [-0.3, -0.25) is 9.88 Å². The number of halogens is 1. The van der Waals surface area contributed by atoms with Gasteiger partial charge in [0.15, 0.2) is 5.82 Å². The van der Waals surface area contributed by atoms with Crippen LogP contribution >= 0.6 is 0 Å². The molecule has 0 saturated carbocycles. The number of nitrogens with zero attached hydrogens (tertiary/aromatic N) is 4. The van der Waals surface area contributed by atoms with Crippen LogP contribution in [0.2, 0.25) is 0 Å². The van der Waals surface area contributed by atoms with Crippen LogP contribution in [0.4, 0.5) is 10.2 Å². The van der Waals surface area contributed by atoms with Crippen LogP contribution in [0.25, 0.3) is 10.8 Å². The summed E-state index contributed by atoms with van der Waals surface area (Å²) < 4.78 is 20.4. The molecular weight excluding hydrogens is 405 g/mol. The van der Waals surface area contributed by atoms with Gasteiger partial charge in [0.2, 0.25) is 0 Å². The zero-order valence-electron chi connectivity index (χ0n) is 18.9. The highest BCUT2D eigenvalue weighted by atomic mass is 19.1. The molecule has 7 heteroatoms. The van der Waals surface area contributed by atoms with Crippen molar-refractivity contribution in [3.8, 4) is 0 Å². The number of nitrogens with one attached hydrogen (secondary N) is 1. The Labute approximate surface area is 188 Å². The number of rotatable bonds is 4. The minimum absolute atomic E-state index is 0.180. The van der Waals surface area contributed by atoms with Crippen molar-refractivity contribution in [1.29, 1.82) is 0 Å². The van der Waals surface area contributed by atoms with Crippen molar-refractivity contribution in [3.63, 3.8) is 0 Å². The van der Waals surface area contributed by atoms with Crippen molar-refractivity contribution in [2.75, 3.05) is 31.6 Å². The first-order valence-electron chi connectivity index (χ1n) is 11.5. The molecule has 2 aliphatic rings. The highest BCUT2D eigenvalue weighted by Crippen LogP contribution is 2.35. The molecule has 0 amide bonds. The van der Waals surface area contributed by atoms with E-state index in [1.165, 1.54) is 0 Å². The first-order valence-corrected chi connectivity index (χ1v) is 11.5. The molecule has 0 spiro atoms. The second-order valence-electron chi connectivity index (χ2n) is 9.12. The number of anilines is 1. The van der Waals surface area contributed by atoms with Gasteiger partial charge in [-0.1, -0.05) is 18.2 Å². The molecule has 32 heavy (non-hydrogen) atoms. The van der Waals surface area contributed by atoms with Gasteiger partial charge in [0, 0.05) is 46.7 Å². The number of fused-ring (bicyclic) bond motifs is 2. The Hall–Kier alpha value is -2.64. The molecule has 6 nitrogen and oxygen atoms in total. The van der Waals surface area contributed by atoms with Crippen molar-refractivity contribution >= 4 is 16.6 Å². The lowest BCUT2D eigenvalue weighted by Crippen LogP contribution is -2.49. The summed E-state index contributed by atoms with van der Waals surface area (Å²) in [5.41, 5.74) is 3.20. The van der Waals surface area contributed by atoms with Crippen LogP contribution in [0, 0.1) is 19.7 Å². The number of ether oxygens (including phenoxy) is 1. The number of aryl methyl sites for hydroxylation is 2. The lowest BCUT2D eigenvalue weighted by atomic mass is 9.87. The fourth-order valence-electron chi connectivity index (χ4n) is 5.04. The van der Waals surface area contributed by atoms with Crippen LogP contribution in [0.15, 0.2) is 30.5 Å². The molecule has 2 saturated heterocycles. The lowest BCUT2D eigenvalue weighted by molar-refractivity contribution is -0.0278. The number of aromatic nitrogens is 3. The molecule has 0 bridgehead atoms. The van der Waals surface area contributed by atoms with Gasteiger partial charge in [0.25, 0.3) is 0 Å². The van der Waals surface area contributed by atoms with Gasteiger partial charge in [-0.05, 0) is 51.8 Å². The van der Waals surface area contributed by atoms with E-state index < -0.39 is 0 Å². The summed E-state index contributed by atoms with van der Waals surface area (Å²) in [6.07, 6.45) is 4.07. The number of pyridine rings is 1. The molecule has 4 heterocycles. The number of hydrogen-bond acceptors (Lipinski definition) is 6. The minimum Gasteiger partial charge on any atom is -0.378 e. The summed E-state index contributed by atoms with van der Waals surface area (Å²) in [7, 11) is 0. The zero-order chi connectivity index (χ0) is 22.2. The van der Waals surface area contributed by atoms with Gasteiger partial charge in [-0.25, -0.2) is 4.39 Å². The van der Waals surface area contributed by atoms with Crippen LogP contribution < -0.4 is 5.32 Å². The van der Waals surface area contributed by atoms with Crippen molar-refractivity contribution in [3.05, 3.63) is 58.8 Å². The predicted octanol–water partition coefficient (Wildman–Crippen LogP) is 4.53. The van der Waals surface area contributed by atoms with Crippen LogP contribution in [0.5, 0.6) is 0 Å². The third-order valence-electron chi connectivity index (χ3n) is 7.00. The molecule has 0 aliphatic carbocycles. The fraction of sp³-hybridized carbons (Fsp3) is 0.480. The summed E-state index contributed by atoms with van der Waals surface area (Å²) in [5, 5.41) is 14.1. The third-order valence-corrected chi connectivity index (χ3v) is 7.00. The van der Waals surface area contributed by atoms with E-state index in [0.29, 0.717) is 28.9 Å². The lowest BCUT2D eigenvalue weighted by Gasteiger charge is -2.42. The molecule has 5 rings (SSSR count). The van der Waals surface area contributed by atoms with Gasteiger partial charge in [0.05, 0.1) is 24.9 Å². The van der Waals surface area contributed by atoms with E-state index in [1.807, 2.05) is 32.2 Å². The maximum Gasteiger partial charge on any atom is 0.157 e. The SMILES string of the molecule is Cc1cccc([C@@H](C)Nc2nnc(C)c3cnc(C4CCN5CCOC[C@@H]5C4)cc23)c1F. The molecule has 2 fully saturated rings. The molecule has 168 valence electrons. The molecule has 2 aliphatic heterocycles. The van der Waals surface area contributed by atoms with E-state index in [9.17, 15) is 4.39 Å². The minimum atomic E-state index is -0.241. The fourth-order valence-corrected chi connectivity index (χ4v) is 5.04. The highest BCUT2D eigenvalue weighted by Gasteiger charge is 2.32. The second kappa shape index (κ2) is 8.71. The summed E-state index contributed by atoms with van der Waals surface area (Å²) >= 11 is 0. The van der Waals surface area contributed by atoms with Gasteiger partial charge in [-0.15, -0.1) is 5.10 Å². The molecule has 2 aromatic heterocycles. The Balaban J connectivity index is 1.46. The zero-order valence-corrected chi connectivity index (χ0v) is 18.9. The van der Waals surface area contributed by atoms with Gasteiger partial charge in [0.1, 0.15) is 5.82 Å². The number of hydrogen-bond donors (Lipinski definition) is 1. The first-order chi connectivity index (χ1) is 15.5. The molecule has 1 N–H and O–H groups in total. The summed E-state index contributed by atoms with van der Waals surface area (Å²) in [6.45, 7) is 9.43. The van der Waals surface area contributed by atoms with E-state index in [0.717, 1.165) is 61.3 Å². The quantitative estimate of drug-likeness (QED) is 0.650. The third kappa shape index (κ3) is 3.95. The van der Waals surface area contributed by atoms with Gasteiger partial charge >= 0.3 is 0 Å². The molecule has 0 radical (unpaired) electrons. The normalized spacial score (nSPS) is 22.5. The maximum atomic E-state index is 14.7. The molecule has 3 atom stereocenters. The number of morpholine rings is 1. The van der Waals surface area contributed by atoms with Crippen molar-refractivity contribution < 1.29 is 9.13 Å². The Bertz CT molecular complexity index is 1140.